The molecule has 2 saturated heterocycles. The van der Waals surface area contributed by atoms with Crippen molar-refractivity contribution < 1.29 is 23.5 Å². The minimum atomic E-state index is -1.41. The van der Waals surface area contributed by atoms with Gasteiger partial charge in [0.15, 0.2) is 5.78 Å². The fourth-order valence-corrected chi connectivity index (χ4v) is 5.90. The molecule has 4 rings (SSSR count). The monoisotopic (exact) mass is 504 g/mol. The van der Waals surface area contributed by atoms with Crippen molar-refractivity contribution in [1.29, 1.82) is 0 Å². The number of alkyl halides is 1. The van der Waals surface area contributed by atoms with Crippen molar-refractivity contribution in [2.24, 2.45) is 10.9 Å². The Morgan fingerprint density at radius 2 is 1.97 bits per heavy atom. The molecule has 2 fully saturated rings. The Hall–Kier alpha value is -2.30. The molecule has 35 heavy (non-hydrogen) atoms. The normalized spacial score (nSPS) is 27.7. The van der Waals surface area contributed by atoms with Crippen LogP contribution < -0.4 is 10.6 Å². The second-order valence-corrected chi connectivity index (χ2v) is 10.8. The summed E-state index contributed by atoms with van der Waals surface area (Å²) in [5.74, 6) is -0.164. The van der Waals surface area contributed by atoms with Crippen molar-refractivity contribution >= 4 is 34.4 Å². The zero-order valence-electron chi connectivity index (χ0n) is 20.5. The summed E-state index contributed by atoms with van der Waals surface area (Å²) in [4.78, 5) is 44.6. The van der Waals surface area contributed by atoms with Crippen molar-refractivity contribution in [3.8, 4) is 0 Å². The van der Waals surface area contributed by atoms with Gasteiger partial charge in [0, 0.05) is 11.3 Å². The highest BCUT2D eigenvalue weighted by Crippen LogP contribution is 2.32. The van der Waals surface area contributed by atoms with E-state index in [9.17, 15) is 18.8 Å². The van der Waals surface area contributed by atoms with Gasteiger partial charge in [-0.2, -0.15) is 0 Å². The number of nitrogens with one attached hydrogen (secondary N) is 2. The number of carbonyl (C=O) groups excluding carboxylic acids is 3. The molecule has 10 heteroatoms. The van der Waals surface area contributed by atoms with E-state index in [1.54, 1.807) is 23.9 Å². The number of hydrogen-bond acceptors (Lipinski definition) is 7. The first-order chi connectivity index (χ1) is 16.7. The number of thioether (sulfide) groups is 1. The number of rotatable bonds is 8. The lowest BCUT2D eigenvalue weighted by atomic mass is 10.0. The van der Waals surface area contributed by atoms with Crippen LogP contribution in [0.4, 0.5) is 4.39 Å². The third kappa shape index (κ3) is 5.44. The zero-order valence-corrected chi connectivity index (χ0v) is 21.3. The number of amides is 2. The van der Waals surface area contributed by atoms with Gasteiger partial charge in [-0.1, -0.05) is 26.0 Å². The molecular weight excluding hydrogens is 471 g/mol. The van der Waals surface area contributed by atoms with E-state index in [0.717, 1.165) is 16.4 Å². The minimum Gasteiger partial charge on any atom is -0.365 e. The highest BCUT2D eigenvalue weighted by molar-refractivity contribution is 8.14. The zero-order chi connectivity index (χ0) is 25.3. The number of likely N-dealkylation sites (tertiary alicyclic amines) is 1. The molecule has 0 spiro atoms. The highest BCUT2D eigenvalue weighted by Gasteiger charge is 2.53. The lowest BCUT2D eigenvalue weighted by Crippen LogP contribution is -2.52. The quantitative estimate of drug-likeness (QED) is 0.563. The van der Waals surface area contributed by atoms with Crippen LogP contribution in [-0.4, -0.2) is 83.9 Å². The number of ether oxygens (including phenoxy) is 1. The Morgan fingerprint density at radius 3 is 2.63 bits per heavy atom. The van der Waals surface area contributed by atoms with Crippen molar-refractivity contribution in [2.75, 3.05) is 26.0 Å². The smallest absolute Gasteiger partial charge is 0.251 e. The number of hydrogen-bond donors (Lipinski definition) is 2. The molecule has 3 heterocycles. The van der Waals surface area contributed by atoms with E-state index in [1.165, 1.54) is 4.90 Å². The number of fused-ring (bicyclic) bond motifs is 1. The number of ketones is 1. The van der Waals surface area contributed by atoms with E-state index >= 15 is 0 Å². The molecule has 3 aliphatic heterocycles. The fourth-order valence-electron chi connectivity index (χ4n) is 4.74. The number of aliphatic imine (C=N–C) groups is 1. The van der Waals surface area contributed by atoms with Crippen molar-refractivity contribution in [1.82, 2.24) is 15.5 Å². The highest BCUT2D eigenvalue weighted by atomic mass is 32.2. The molecule has 3 aliphatic rings. The Balaban J connectivity index is 1.45. The maximum absolute atomic E-state index is 14.4. The summed E-state index contributed by atoms with van der Waals surface area (Å²) in [6.07, 6.45) is -1.95. The predicted octanol–water partition coefficient (Wildman–Crippen LogP) is 2.14. The maximum atomic E-state index is 14.4. The largest absolute Gasteiger partial charge is 0.365 e. The van der Waals surface area contributed by atoms with Gasteiger partial charge in [-0.15, -0.1) is 11.8 Å². The molecule has 0 radical (unpaired) electrons. The van der Waals surface area contributed by atoms with Crippen LogP contribution in [-0.2, 0) is 14.3 Å². The third-order valence-corrected chi connectivity index (χ3v) is 7.99. The Bertz CT molecular complexity index is 1000. The van der Waals surface area contributed by atoms with Crippen LogP contribution in [0.3, 0.4) is 0 Å². The molecule has 2 N–H and O–H groups in total. The Morgan fingerprint density at radius 1 is 1.26 bits per heavy atom. The Kier molecular flexibility index (Phi) is 7.92. The van der Waals surface area contributed by atoms with Crippen LogP contribution in [0, 0.1) is 5.92 Å². The summed E-state index contributed by atoms with van der Waals surface area (Å²) in [5.41, 5.74) is 1.45. The van der Waals surface area contributed by atoms with Crippen LogP contribution in [0.15, 0.2) is 29.3 Å². The molecule has 0 aliphatic carbocycles. The van der Waals surface area contributed by atoms with Crippen LogP contribution in [0.5, 0.6) is 0 Å². The van der Waals surface area contributed by atoms with E-state index in [2.05, 4.69) is 17.6 Å². The molecule has 1 unspecified atom stereocenters. The first-order valence-corrected chi connectivity index (χ1v) is 13.1. The van der Waals surface area contributed by atoms with Crippen molar-refractivity contribution in [3.63, 3.8) is 0 Å². The number of halogens is 1. The lowest BCUT2D eigenvalue weighted by Gasteiger charge is -2.28. The molecular formula is C25H33FN4O4S. The van der Waals surface area contributed by atoms with E-state index < -0.39 is 30.3 Å². The van der Waals surface area contributed by atoms with Gasteiger partial charge in [-0.3, -0.25) is 19.4 Å². The number of Topliss-reactive ketones (excluding diaryl/α,β-unsaturated/α-hetero) is 1. The first-order valence-electron chi connectivity index (χ1n) is 12.1. The van der Waals surface area contributed by atoms with Gasteiger partial charge in [0.1, 0.15) is 31.0 Å². The predicted molar refractivity (Wildman–Crippen MR) is 133 cm³/mol. The summed E-state index contributed by atoms with van der Waals surface area (Å²) >= 11 is 1.73. The fraction of sp³-hybridized carbons (Fsp3) is 0.600. The number of nitrogens with zero attached hydrogens (tertiary/aromatic N) is 2. The van der Waals surface area contributed by atoms with Gasteiger partial charge in [-0.05, 0) is 44.0 Å². The molecule has 190 valence electrons. The third-order valence-electron chi connectivity index (χ3n) is 6.75. The average molecular weight is 505 g/mol. The molecule has 1 aromatic carbocycles. The second-order valence-electron chi connectivity index (χ2n) is 9.78. The van der Waals surface area contributed by atoms with Crippen LogP contribution >= 0.6 is 11.8 Å². The summed E-state index contributed by atoms with van der Waals surface area (Å²) in [6, 6.07) is 5.73. The second kappa shape index (κ2) is 10.8. The molecule has 1 aromatic rings. The van der Waals surface area contributed by atoms with Gasteiger partial charge in [-0.25, -0.2) is 4.39 Å². The Labute approximate surface area is 209 Å². The van der Waals surface area contributed by atoms with Gasteiger partial charge in [0.2, 0.25) is 5.91 Å². The summed E-state index contributed by atoms with van der Waals surface area (Å²) in [5, 5.41) is 7.09. The SMILES string of the molecule is CN[C@@H](C)C1=NC(c2ccc(C(=O)N[C@@H](CC(C)C)C(=O)N3C[C@H](F)[C@H]4OCC(=O)[C@H]43)cc2)CS1. The van der Waals surface area contributed by atoms with Gasteiger partial charge in [0.25, 0.3) is 5.91 Å². The van der Waals surface area contributed by atoms with E-state index in [1.807, 2.05) is 33.0 Å². The average Bonchev–Trinajstić information content (AvgIpc) is 3.55. The standard InChI is InChI=1S/C25H33FN4O4S/c1-13(2)9-18(25(33)30-10-17(26)22-21(30)20(31)11-34-22)28-23(32)16-7-5-15(6-8-16)19-12-35-24(29-19)14(3)27-4/h5-8,13-14,17-19,21-22,27H,9-12H2,1-4H3,(H,28,32)/t14-,17-,18-,19?,21+,22+/m0/s1. The van der Waals surface area contributed by atoms with Gasteiger partial charge < -0.3 is 20.3 Å². The molecule has 0 saturated carbocycles. The topological polar surface area (TPSA) is 100 Å². The first kappa shape index (κ1) is 25.8. The molecule has 0 aromatic heterocycles. The minimum absolute atomic E-state index is 0.0427. The molecule has 0 bridgehead atoms. The molecule has 8 nitrogen and oxygen atoms in total. The summed E-state index contributed by atoms with van der Waals surface area (Å²) in [7, 11) is 1.91. The van der Waals surface area contributed by atoms with Crippen LogP contribution in [0.1, 0.15) is 49.2 Å². The van der Waals surface area contributed by atoms with Gasteiger partial charge in [0.05, 0.1) is 23.7 Å². The molecule has 2 amide bonds. The van der Waals surface area contributed by atoms with Crippen LogP contribution in [0.2, 0.25) is 0 Å². The summed E-state index contributed by atoms with van der Waals surface area (Å²) < 4.78 is 19.7. The van der Waals surface area contributed by atoms with E-state index in [0.29, 0.717) is 12.0 Å². The summed E-state index contributed by atoms with van der Waals surface area (Å²) in [6.45, 7) is 5.57. The van der Waals surface area contributed by atoms with Gasteiger partial charge >= 0.3 is 0 Å². The van der Waals surface area contributed by atoms with Crippen LogP contribution in [0.25, 0.3) is 0 Å². The molecule has 6 atom stereocenters. The van der Waals surface area contributed by atoms with Crippen molar-refractivity contribution in [2.45, 2.75) is 63.6 Å². The number of carbonyl (C=O) groups is 3. The maximum Gasteiger partial charge on any atom is 0.251 e. The van der Waals surface area contributed by atoms with Crippen molar-refractivity contribution in [3.05, 3.63) is 35.4 Å². The van der Waals surface area contributed by atoms with E-state index in [4.69, 9.17) is 9.73 Å². The lowest BCUT2D eigenvalue weighted by molar-refractivity contribution is -0.138. The number of benzene rings is 1. The van der Waals surface area contributed by atoms with E-state index in [-0.39, 0.29) is 42.8 Å².